The van der Waals surface area contributed by atoms with Crippen LogP contribution in [0.25, 0.3) is 0 Å². The lowest BCUT2D eigenvalue weighted by Crippen LogP contribution is -2.60. The molecular formula is C14H20N2. The Labute approximate surface area is 97.6 Å². The molecule has 86 valence electrons. The average molecular weight is 216 g/mol. The second-order valence-corrected chi connectivity index (χ2v) is 5.45. The Morgan fingerprint density at radius 3 is 2.62 bits per heavy atom. The molecule has 2 heteroatoms. The molecular weight excluding hydrogens is 196 g/mol. The molecule has 0 aromatic heterocycles. The fraction of sp³-hybridized carbons (Fsp3) is 0.571. The number of hydrogen-bond acceptors (Lipinski definition) is 2. The van der Waals surface area contributed by atoms with E-state index in [9.17, 15) is 0 Å². The zero-order valence-corrected chi connectivity index (χ0v) is 10.00. The molecule has 16 heavy (non-hydrogen) atoms. The van der Waals surface area contributed by atoms with Gasteiger partial charge in [-0.3, -0.25) is 0 Å². The van der Waals surface area contributed by atoms with Gasteiger partial charge in [0.2, 0.25) is 0 Å². The standard InChI is InChI=1S/C14H20N2/c1-12-3-2-4-13(9-12)16-10-14(11-16)5-7-15-8-6-14/h2-4,9,15H,5-8,10-11H2,1H3. The fourth-order valence-electron chi connectivity index (χ4n) is 3.04. The van der Waals surface area contributed by atoms with Crippen LogP contribution in [0.4, 0.5) is 5.69 Å². The van der Waals surface area contributed by atoms with E-state index in [1.165, 1.54) is 50.3 Å². The maximum absolute atomic E-state index is 3.45. The number of hydrogen-bond donors (Lipinski definition) is 1. The second kappa shape index (κ2) is 3.77. The zero-order chi connectivity index (χ0) is 11.0. The van der Waals surface area contributed by atoms with Gasteiger partial charge in [-0.05, 0) is 50.6 Å². The summed E-state index contributed by atoms with van der Waals surface area (Å²) in [5, 5.41) is 3.45. The third kappa shape index (κ3) is 1.71. The van der Waals surface area contributed by atoms with Crippen LogP contribution in [-0.2, 0) is 0 Å². The Balaban J connectivity index is 1.68. The van der Waals surface area contributed by atoms with Crippen LogP contribution >= 0.6 is 0 Å². The van der Waals surface area contributed by atoms with E-state index in [2.05, 4.69) is 41.4 Å². The Morgan fingerprint density at radius 1 is 1.19 bits per heavy atom. The van der Waals surface area contributed by atoms with Gasteiger partial charge in [0, 0.05) is 24.2 Å². The monoisotopic (exact) mass is 216 g/mol. The SMILES string of the molecule is Cc1cccc(N2CC3(CCNCC3)C2)c1. The highest BCUT2D eigenvalue weighted by atomic mass is 15.2. The van der Waals surface area contributed by atoms with E-state index < -0.39 is 0 Å². The topological polar surface area (TPSA) is 15.3 Å². The molecule has 0 unspecified atom stereocenters. The van der Waals surface area contributed by atoms with Gasteiger partial charge in [0.25, 0.3) is 0 Å². The molecule has 0 bridgehead atoms. The molecule has 1 spiro atoms. The number of benzene rings is 1. The van der Waals surface area contributed by atoms with Gasteiger partial charge in [-0.15, -0.1) is 0 Å². The van der Waals surface area contributed by atoms with Crippen molar-refractivity contribution in [1.29, 1.82) is 0 Å². The highest BCUT2D eigenvalue weighted by Gasteiger charge is 2.43. The van der Waals surface area contributed by atoms with Crippen molar-refractivity contribution in [3.63, 3.8) is 0 Å². The maximum atomic E-state index is 3.45. The Hall–Kier alpha value is -1.02. The molecule has 0 atom stereocenters. The third-order valence-corrected chi connectivity index (χ3v) is 4.08. The molecule has 0 amide bonds. The highest BCUT2D eigenvalue weighted by Crippen LogP contribution is 2.41. The normalized spacial score (nSPS) is 23.2. The molecule has 2 nitrogen and oxygen atoms in total. The predicted molar refractivity (Wildman–Crippen MR) is 67.9 cm³/mol. The van der Waals surface area contributed by atoms with E-state index in [1.807, 2.05) is 0 Å². The number of nitrogens with one attached hydrogen (secondary N) is 1. The van der Waals surface area contributed by atoms with Crippen LogP contribution in [-0.4, -0.2) is 26.2 Å². The van der Waals surface area contributed by atoms with Crippen molar-refractivity contribution in [3.8, 4) is 0 Å². The highest BCUT2D eigenvalue weighted by molar-refractivity contribution is 5.51. The van der Waals surface area contributed by atoms with Crippen LogP contribution in [0.3, 0.4) is 0 Å². The number of anilines is 1. The lowest BCUT2D eigenvalue weighted by atomic mass is 9.72. The van der Waals surface area contributed by atoms with Crippen molar-refractivity contribution in [1.82, 2.24) is 5.32 Å². The minimum absolute atomic E-state index is 0.634. The van der Waals surface area contributed by atoms with E-state index in [1.54, 1.807) is 0 Å². The molecule has 3 rings (SSSR count). The van der Waals surface area contributed by atoms with Gasteiger partial charge in [-0.2, -0.15) is 0 Å². The summed E-state index contributed by atoms with van der Waals surface area (Å²) in [6.45, 7) is 7.11. The van der Waals surface area contributed by atoms with Crippen LogP contribution in [0, 0.1) is 12.3 Å². The minimum atomic E-state index is 0.634. The van der Waals surface area contributed by atoms with Crippen molar-refractivity contribution >= 4 is 5.69 Å². The molecule has 2 aliphatic heterocycles. The number of aryl methyl sites for hydroxylation is 1. The van der Waals surface area contributed by atoms with Gasteiger partial charge in [0.15, 0.2) is 0 Å². The van der Waals surface area contributed by atoms with Crippen molar-refractivity contribution in [3.05, 3.63) is 29.8 Å². The van der Waals surface area contributed by atoms with Crippen LogP contribution < -0.4 is 10.2 Å². The number of nitrogens with zero attached hydrogens (tertiary/aromatic N) is 1. The van der Waals surface area contributed by atoms with Crippen molar-refractivity contribution in [2.45, 2.75) is 19.8 Å². The summed E-state index contributed by atoms with van der Waals surface area (Å²) >= 11 is 0. The average Bonchev–Trinajstić information content (AvgIpc) is 2.27. The summed E-state index contributed by atoms with van der Waals surface area (Å²) in [4.78, 5) is 2.53. The molecule has 1 N–H and O–H groups in total. The molecule has 0 aliphatic carbocycles. The van der Waals surface area contributed by atoms with Gasteiger partial charge >= 0.3 is 0 Å². The second-order valence-electron chi connectivity index (χ2n) is 5.45. The van der Waals surface area contributed by atoms with Crippen molar-refractivity contribution in [2.24, 2.45) is 5.41 Å². The first kappa shape index (κ1) is 10.2. The summed E-state index contributed by atoms with van der Waals surface area (Å²) in [5.41, 5.74) is 3.41. The molecule has 1 aromatic rings. The molecule has 0 radical (unpaired) electrons. The number of rotatable bonds is 1. The lowest BCUT2D eigenvalue weighted by molar-refractivity contribution is 0.150. The molecule has 2 saturated heterocycles. The molecule has 1 aromatic carbocycles. The Kier molecular flexibility index (Phi) is 2.40. The zero-order valence-electron chi connectivity index (χ0n) is 10.00. The number of piperidine rings is 1. The van der Waals surface area contributed by atoms with E-state index >= 15 is 0 Å². The fourth-order valence-corrected chi connectivity index (χ4v) is 3.04. The minimum Gasteiger partial charge on any atom is -0.370 e. The largest absolute Gasteiger partial charge is 0.370 e. The molecule has 2 fully saturated rings. The summed E-state index contributed by atoms with van der Waals surface area (Å²) in [5.74, 6) is 0. The van der Waals surface area contributed by atoms with Crippen LogP contribution in [0.1, 0.15) is 18.4 Å². The van der Waals surface area contributed by atoms with Crippen molar-refractivity contribution < 1.29 is 0 Å². The summed E-state index contributed by atoms with van der Waals surface area (Å²) in [6, 6.07) is 8.87. The van der Waals surface area contributed by atoms with E-state index in [0.29, 0.717) is 5.41 Å². The summed E-state index contributed by atoms with van der Waals surface area (Å²) in [6.07, 6.45) is 2.71. The molecule has 0 saturated carbocycles. The maximum Gasteiger partial charge on any atom is 0.0369 e. The Morgan fingerprint density at radius 2 is 1.94 bits per heavy atom. The van der Waals surface area contributed by atoms with Crippen LogP contribution in [0.5, 0.6) is 0 Å². The van der Waals surface area contributed by atoms with Crippen molar-refractivity contribution in [2.75, 3.05) is 31.1 Å². The van der Waals surface area contributed by atoms with E-state index in [-0.39, 0.29) is 0 Å². The summed E-state index contributed by atoms with van der Waals surface area (Å²) in [7, 11) is 0. The Bertz CT molecular complexity index is 372. The van der Waals surface area contributed by atoms with Gasteiger partial charge < -0.3 is 10.2 Å². The first-order valence-corrected chi connectivity index (χ1v) is 6.30. The van der Waals surface area contributed by atoms with Gasteiger partial charge in [0.05, 0.1) is 0 Å². The van der Waals surface area contributed by atoms with Crippen LogP contribution in [0.2, 0.25) is 0 Å². The van der Waals surface area contributed by atoms with Gasteiger partial charge in [-0.25, -0.2) is 0 Å². The predicted octanol–water partition coefficient (Wildman–Crippen LogP) is 2.18. The van der Waals surface area contributed by atoms with Crippen LogP contribution in [0.15, 0.2) is 24.3 Å². The smallest absolute Gasteiger partial charge is 0.0369 e. The van der Waals surface area contributed by atoms with E-state index in [0.717, 1.165) is 0 Å². The quantitative estimate of drug-likeness (QED) is 0.774. The lowest BCUT2D eigenvalue weighted by Gasteiger charge is -2.53. The first-order chi connectivity index (χ1) is 7.77. The van der Waals surface area contributed by atoms with Gasteiger partial charge in [0.1, 0.15) is 0 Å². The third-order valence-electron chi connectivity index (χ3n) is 4.08. The van der Waals surface area contributed by atoms with E-state index in [4.69, 9.17) is 0 Å². The molecule has 2 aliphatic rings. The summed E-state index contributed by atoms with van der Waals surface area (Å²) < 4.78 is 0. The first-order valence-electron chi connectivity index (χ1n) is 6.30. The molecule has 2 heterocycles. The van der Waals surface area contributed by atoms with Gasteiger partial charge in [-0.1, -0.05) is 12.1 Å².